The van der Waals surface area contributed by atoms with E-state index in [1.807, 2.05) is 30.3 Å². The number of rotatable bonds is 8. The fourth-order valence-corrected chi connectivity index (χ4v) is 3.64. The number of anilines is 1. The number of hydrogen-bond acceptors (Lipinski definition) is 8. The normalized spacial score (nSPS) is 14.8. The van der Waals surface area contributed by atoms with Gasteiger partial charge in [0, 0.05) is 10.7 Å². The number of ether oxygens (including phenoxy) is 3. The third-order valence-electron chi connectivity index (χ3n) is 5.08. The highest BCUT2D eigenvalue weighted by Crippen LogP contribution is 2.38. The van der Waals surface area contributed by atoms with Crippen molar-refractivity contribution < 1.29 is 19.0 Å². The standard InChI is InChI=1S/C23H22ClN5O4/c1-4-11-32-22(30)20-14(2)25-23-26-27-28-29(23)21(20)16-7-10-18(19(12-16)31-3)33-13-15-5-8-17(24)9-6-15/h4-10,12,21H,1,11,13H2,2-3H3,(H,25,26,28). The fourth-order valence-electron chi connectivity index (χ4n) is 3.51. The quantitative estimate of drug-likeness (QED) is 0.393. The van der Waals surface area contributed by atoms with E-state index in [1.165, 1.54) is 10.8 Å². The first kappa shape index (κ1) is 22.3. The smallest absolute Gasteiger partial charge is 0.338 e. The highest BCUT2D eigenvalue weighted by molar-refractivity contribution is 6.30. The van der Waals surface area contributed by atoms with Gasteiger partial charge in [-0.2, -0.15) is 4.68 Å². The molecule has 0 aliphatic carbocycles. The number of hydrogen-bond donors (Lipinski definition) is 1. The second-order valence-corrected chi connectivity index (χ2v) is 7.66. The van der Waals surface area contributed by atoms with Crippen molar-refractivity contribution in [1.82, 2.24) is 20.2 Å². The summed E-state index contributed by atoms with van der Waals surface area (Å²) in [6, 6.07) is 12.2. The van der Waals surface area contributed by atoms with Crippen LogP contribution < -0.4 is 14.8 Å². The molecule has 0 bridgehead atoms. The van der Waals surface area contributed by atoms with E-state index >= 15 is 0 Å². The number of nitrogens with zero attached hydrogens (tertiary/aromatic N) is 4. The highest BCUT2D eigenvalue weighted by atomic mass is 35.5. The van der Waals surface area contributed by atoms with Crippen molar-refractivity contribution in [1.29, 1.82) is 0 Å². The number of carbonyl (C=O) groups excluding carboxylic acids is 1. The van der Waals surface area contributed by atoms with Crippen LogP contribution >= 0.6 is 11.6 Å². The summed E-state index contributed by atoms with van der Waals surface area (Å²) in [5.41, 5.74) is 2.67. The van der Waals surface area contributed by atoms with Crippen molar-refractivity contribution in [3.63, 3.8) is 0 Å². The summed E-state index contributed by atoms with van der Waals surface area (Å²) in [5.74, 6) is 0.984. The average Bonchev–Trinajstić information content (AvgIpc) is 3.29. The van der Waals surface area contributed by atoms with E-state index in [2.05, 4.69) is 27.4 Å². The molecule has 1 N–H and O–H groups in total. The van der Waals surface area contributed by atoms with Gasteiger partial charge in [-0.1, -0.05) is 47.6 Å². The molecule has 4 rings (SSSR count). The van der Waals surface area contributed by atoms with Gasteiger partial charge in [-0.15, -0.1) is 0 Å². The Morgan fingerprint density at radius 1 is 1.24 bits per heavy atom. The van der Waals surface area contributed by atoms with Crippen LogP contribution in [0.5, 0.6) is 11.5 Å². The Morgan fingerprint density at radius 2 is 2.03 bits per heavy atom. The zero-order valence-corrected chi connectivity index (χ0v) is 18.9. The van der Waals surface area contributed by atoms with Crippen molar-refractivity contribution in [2.24, 2.45) is 0 Å². The van der Waals surface area contributed by atoms with Gasteiger partial charge >= 0.3 is 5.97 Å². The van der Waals surface area contributed by atoms with Gasteiger partial charge in [0.15, 0.2) is 11.5 Å². The van der Waals surface area contributed by atoms with E-state index in [-0.39, 0.29) is 6.61 Å². The molecule has 1 atom stereocenters. The predicted octanol–water partition coefficient (Wildman–Crippen LogP) is 3.93. The molecule has 10 heteroatoms. The van der Waals surface area contributed by atoms with Crippen LogP contribution in [-0.4, -0.2) is 39.9 Å². The number of tetrazole rings is 1. The molecule has 3 aromatic rings. The zero-order valence-electron chi connectivity index (χ0n) is 18.1. The third kappa shape index (κ3) is 4.68. The molecule has 0 saturated carbocycles. The maximum atomic E-state index is 12.9. The Kier molecular flexibility index (Phi) is 6.60. The lowest BCUT2D eigenvalue weighted by Gasteiger charge is -2.27. The number of halogens is 1. The van der Waals surface area contributed by atoms with Crippen LogP contribution in [0.2, 0.25) is 5.02 Å². The minimum atomic E-state index is -0.618. The molecular formula is C23H22ClN5O4. The molecule has 1 aromatic heterocycles. The summed E-state index contributed by atoms with van der Waals surface area (Å²) in [4.78, 5) is 12.9. The number of aromatic nitrogens is 4. The number of carbonyl (C=O) groups is 1. The van der Waals surface area contributed by atoms with E-state index in [0.29, 0.717) is 40.3 Å². The number of fused-ring (bicyclic) bond motifs is 1. The number of esters is 1. The molecular weight excluding hydrogens is 446 g/mol. The summed E-state index contributed by atoms with van der Waals surface area (Å²) in [5, 5.41) is 15.5. The van der Waals surface area contributed by atoms with E-state index < -0.39 is 12.0 Å². The third-order valence-corrected chi connectivity index (χ3v) is 5.33. The first-order valence-electron chi connectivity index (χ1n) is 10.1. The molecule has 0 fully saturated rings. The zero-order chi connectivity index (χ0) is 23.4. The maximum absolute atomic E-state index is 12.9. The molecule has 1 aliphatic rings. The molecule has 1 aliphatic heterocycles. The Hall–Kier alpha value is -3.85. The first-order chi connectivity index (χ1) is 16.0. The van der Waals surface area contributed by atoms with E-state index in [0.717, 1.165) is 11.1 Å². The van der Waals surface area contributed by atoms with Crippen LogP contribution in [0.1, 0.15) is 24.1 Å². The van der Waals surface area contributed by atoms with Crippen molar-refractivity contribution in [3.05, 3.63) is 82.5 Å². The van der Waals surface area contributed by atoms with Gasteiger partial charge in [0.25, 0.3) is 0 Å². The average molecular weight is 468 g/mol. The second-order valence-electron chi connectivity index (χ2n) is 7.23. The van der Waals surface area contributed by atoms with Crippen molar-refractivity contribution in [2.45, 2.75) is 19.6 Å². The number of methoxy groups -OCH3 is 1. The van der Waals surface area contributed by atoms with Crippen LogP contribution in [0.25, 0.3) is 0 Å². The summed E-state index contributed by atoms with van der Waals surface area (Å²) < 4.78 is 18.4. The topological polar surface area (TPSA) is 100 Å². The van der Waals surface area contributed by atoms with Crippen molar-refractivity contribution in [3.8, 4) is 11.5 Å². The molecule has 9 nitrogen and oxygen atoms in total. The van der Waals surface area contributed by atoms with Crippen LogP contribution in [0.4, 0.5) is 5.95 Å². The molecule has 33 heavy (non-hydrogen) atoms. The Morgan fingerprint density at radius 3 is 2.76 bits per heavy atom. The van der Waals surface area contributed by atoms with Gasteiger partial charge in [-0.05, 0) is 52.7 Å². The largest absolute Gasteiger partial charge is 0.493 e. The Labute approximate surface area is 195 Å². The van der Waals surface area contributed by atoms with Gasteiger partial charge in [0.2, 0.25) is 5.95 Å². The molecule has 0 radical (unpaired) electrons. The molecule has 1 unspecified atom stereocenters. The van der Waals surface area contributed by atoms with Crippen LogP contribution in [0.3, 0.4) is 0 Å². The molecule has 170 valence electrons. The van der Waals surface area contributed by atoms with Gasteiger partial charge in [-0.3, -0.25) is 0 Å². The predicted molar refractivity (Wildman–Crippen MR) is 122 cm³/mol. The minimum Gasteiger partial charge on any atom is -0.493 e. The van der Waals surface area contributed by atoms with E-state index in [4.69, 9.17) is 25.8 Å². The molecule has 0 amide bonds. The molecule has 0 saturated heterocycles. The first-order valence-corrected chi connectivity index (χ1v) is 10.5. The molecule has 0 spiro atoms. The van der Waals surface area contributed by atoms with Gasteiger partial charge < -0.3 is 19.5 Å². The lowest BCUT2D eigenvalue weighted by atomic mass is 9.95. The Balaban J connectivity index is 1.66. The SMILES string of the molecule is C=CCOC(=O)C1=C(C)Nc2nnnn2C1c1ccc(OCc2ccc(Cl)cc2)c(OC)c1. The Bertz CT molecular complexity index is 1210. The summed E-state index contributed by atoms with van der Waals surface area (Å²) >= 11 is 5.95. The summed E-state index contributed by atoms with van der Waals surface area (Å²) in [6.07, 6.45) is 1.51. The monoisotopic (exact) mass is 467 g/mol. The van der Waals surface area contributed by atoms with Gasteiger partial charge in [-0.25, -0.2) is 4.79 Å². The van der Waals surface area contributed by atoms with Crippen molar-refractivity contribution in [2.75, 3.05) is 19.0 Å². The lowest BCUT2D eigenvalue weighted by Crippen LogP contribution is -2.29. The van der Waals surface area contributed by atoms with E-state index in [1.54, 1.807) is 26.2 Å². The summed E-state index contributed by atoms with van der Waals surface area (Å²) in [6.45, 7) is 5.80. The van der Waals surface area contributed by atoms with Gasteiger partial charge in [0.05, 0.1) is 12.7 Å². The van der Waals surface area contributed by atoms with E-state index in [9.17, 15) is 4.79 Å². The second kappa shape index (κ2) is 9.74. The minimum absolute atomic E-state index is 0.0889. The van der Waals surface area contributed by atoms with Crippen LogP contribution in [0, 0.1) is 0 Å². The maximum Gasteiger partial charge on any atom is 0.338 e. The van der Waals surface area contributed by atoms with Gasteiger partial charge in [0.1, 0.15) is 19.3 Å². The van der Waals surface area contributed by atoms with Crippen molar-refractivity contribution >= 4 is 23.5 Å². The fraction of sp³-hybridized carbons (Fsp3) is 0.217. The molecule has 2 aromatic carbocycles. The van der Waals surface area contributed by atoms with Crippen LogP contribution in [0.15, 0.2) is 66.4 Å². The highest BCUT2D eigenvalue weighted by Gasteiger charge is 2.35. The lowest BCUT2D eigenvalue weighted by molar-refractivity contribution is -0.138. The van der Waals surface area contributed by atoms with Crippen LogP contribution in [-0.2, 0) is 16.1 Å². The number of benzene rings is 2. The molecule has 2 heterocycles. The summed E-state index contributed by atoms with van der Waals surface area (Å²) in [7, 11) is 1.56. The number of nitrogens with one attached hydrogen (secondary N) is 1. The number of allylic oxidation sites excluding steroid dienone is 1.